The molecule has 256 valence electrons. The van der Waals surface area contributed by atoms with E-state index in [0.717, 1.165) is 36.0 Å². The van der Waals surface area contributed by atoms with E-state index in [1.165, 1.54) is 25.5 Å². The van der Waals surface area contributed by atoms with Crippen LogP contribution in [0.2, 0.25) is 0 Å². The Balaban J connectivity index is 1.27. The van der Waals surface area contributed by atoms with E-state index >= 15 is 0 Å². The van der Waals surface area contributed by atoms with Crippen molar-refractivity contribution in [2.24, 2.45) is 11.8 Å². The van der Waals surface area contributed by atoms with Crippen LogP contribution >= 0.6 is 0 Å². The Bertz CT molecular complexity index is 1520. The average molecular weight is 655 g/mol. The van der Waals surface area contributed by atoms with E-state index < -0.39 is 6.29 Å². The molecule has 1 aromatic heterocycles. The topological polar surface area (TPSA) is 113 Å². The van der Waals surface area contributed by atoms with Gasteiger partial charge in [-0.3, -0.25) is 19.5 Å². The number of nitrogens with one attached hydrogen (secondary N) is 2. The van der Waals surface area contributed by atoms with Crippen LogP contribution in [0.25, 0.3) is 0 Å². The van der Waals surface area contributed by atoms with Crippen LogP contribution in [0.4, 0.5) is 5.69 Å². The minimum atomic E-state index is -0.648. The van der Waals surface area contributed by atoms with E-state index in [4.69, 9.17) is 9.47 Å². The van der Waals surface area contributed by atoms with Gasteiger partial charge in [-0.05, 0) is 87.8 Å². The van der Waals surface area contributed by atoms with Gasteiger partial charge in [-0.2, -0.15) is 0 Å². The summed E-state index contributed by atoms with van der Waals surface area (Å²) in [4.78, 5) is 33.0. The Kier molecular flexibility index (Phi) is 10.6. The van der Waals surface area contributed by atoms with Crippen molar-refractivity contribution < 1.29 is 24.2 Å². The SMILES string of the molecule is C[C@H]1[C@@H](CN2[C@@H](C(=O)NC(C)(C)C)CC[C@H]3CCCC[C@H]32)O[C@@H](c2ccc(NC(=O)c3cccnc3)cc2)O[C@H]1c1ccc(CO)cc1. The number of rotatable bonds is 8. The van der Waals surface area contributed by atoms with E-state index in [0.29, 0.717) is 29.8 Å². The fourth-order valence-electron chi connectivity index (χ4n) is 7.69. The van der Waals surface area contributed by atoms with Gasteiger partial charge in [0.15, 0.2) is 6.29 Å². The van der Waals surface area contributed by atoms with Gasteiger partial charge in [0.25, 0.3) is 5.91 Å². The van der Waals surface area contributed by atoms with Gasteiger partial charge in [0, 0.05) is 47.7 Å². The molecule has 2 aliphatic heterocycles. The number of hydrogen-bond acceptors (Lipinski definition) is 7. The first-order chi connectivity index (χ1) is 23.1. The molecule has 3 aromatic rings. The number of ether oxygens (including phenoxy) is 2. The number of anilines is 1. The fourth-order valence-corrected chi connectivity index (χ4v) is 7.69. The van der Waals surface area contributed by atoms with Gasteiger partial charge in [-0.15, -0.1) is 0 Å². The van der Waals surface area contributed by atoms with Crippen molar-refractivity contribution in [3.63, 3.8) is 0 Å². The number of fused-ring (bicyclic) bond motifs is 1. The largest absolute Gasteiger partial charge is 0.392 e. The predicted molar refractivity (Wildman–Crippen MR) is 185 cm³/mol. The summed E-state index contributed by atoms with van der Waals surface area (Å²) in [6, 6.07) is 19.1. The molecule has 3 aliphatic rings. The Morgan fingerprint density at radius 2 is 1.67 bits per heavy atom. The van der Waals surface area contributed by atoms with Gasteiger partial charge >= 0.3 is 0 Å². The zero-order valence-electron chi connectivity index (χ0n) is 28.6. The van der Waals surface area contributed by atoms with E-state index in [1.807, 2.05) is 69.3 Å². The van der Waals surface area contributed by atoms with Crippen LogP contribution < -0.4 is 10.6 Å². The van der Waals surface area contributed by atoms with E-state index in [-0.39, 0.29) is 48.1 Å². The lowest BCUT2D eigenvalue weighted by atomic mass is 9.75. The summed E-state index contributed by atoms with van der Waals surface area (Å²) in [5.74, 6) is 0.464. The first-order valence-electron chi connectivity index (χ1n) is 17.5. The lowest BCUT2D eigenvalue weighted by Crippen LogP contribution is -2.61. The summed E-state index contributed by atoms with van der Waals surface area (Å²) < 4.78 is 13.6. The molecular formula is C39H50N4O5. The maximum Gasteiger partial charge on any atom is 0.257 e. The quantitative estimate of drug-likeness (QED) is 0.252. The molecule has 3 N–H and O–H groups in total. The molecule has 3 heterocycles. The van der Waals surface area contributed by atoms with E-state index in [2.05, 4.69) is 27.4 Å². The van der Waals surface area contributed by atoms with Crippen LogP contribution in [0.3, 0.4) is 0 Å². The third kappa shape index (κ3) is 7.97. The molecular weight excluding hydrogens is 604 g/mol. The van der Waals surface area contributed by atoms with Gasteiger partial charge < -0.3 is 25.2 Å². The summed E-state index contributed by atoms with van der Waals surface area (Å²) in [7, 11) is 0. The summed E-state index contributed by atoms with van der Waals surface area (Å²) in [6.45, 7) is 8.91. The van der Waals surface area contributed by atoms with E-state index in [9.17, 15) is 14.7 Å². The third-order valence-corrected chi connectivity index (χ3v) is 10.2. The van der Waals surface area contributed by atoms with Crippen molar-refractivity contribution in [2.75, 3.05) is 11.9 Å². The molecule has 2 amide bonds. The molecule has 6 rings (SSSR count). The van der Waals surface area contributed by atoms with Gasteiger partial charge in [-0.25, -0.2) is 0 Å². The van der Waals surface area contributed by atoms with Crippen molar-refractivity contribution >= 4 is 17.5 Å². The maximum atomic E-state index is 13.8. The zero-order valence-corrected chi connectivity index (χ0v) is 28.6. The number of aromatic nitrogens is 1. The highest BCUT2D eigenvalue weighted by Gasteiger charge is 2.46. The van der Waals surface area contributed by atoms with Crippen molar-refractivity contribution in [2.45, 2.75) is 109 Å². The highest BCUT2D eigenvalue weighted by Crippen LogP contribution is 2.44. The number of nitrogens with zero attached hydrogens (tertiary/aromatic N) is 2. The average Bonchev–Trinajstić information content (AvgIpc) is 3.09. The second-order valence-electron chi connectivity index (χ2n) is 14.8. The number of hydrogen-bond donors (Lipinski definition) is 3. The molecule has 1 saturated carbocycles. The Hall–Kier alpha value is -3.63. The van der Waals surface area contributed by atoms with Crippen molar-refractivity contribution in [3.8, 4) is 0 Å². The zero-order chi connectivity index (χ0) is 33.8. The van der Waals surface area contributed by atoms with Crippen molar-refractivity contribution in [3.05, 3.63) is 95.3 Å². The van der Waals surface area contributed by atoms with Gasteiger partial charge in [0.1, 0.15) is 0 Å². The number of aliphatic hydroxyl groups excluding tert-OH is 1. The Morgan fingerprint density at radius 1 is 0.938 bits per heavy atom. The third-order valence-electron chi connectivity index (χ3n) is 10.2. The monoisotopic (exact) mass is 654 g/mol. The Morgan fingerprint density at radius 3 is 2.35 bits per heavy atom. The minimum absolute atomic E-state index is 0.00503. The second kappa shape index (κ2) is 14.9. The molecule has 0 radical (unpaired) electrons. The van der Waals surface area contributed by atoms with Crippen LogP contribution in [-0.2, 0) is 20.9 Å². The summed E-state index contributed by atoms with van der Waals surface area (Å²) in [5, 5.41) is 15.9. The van der Waals surface area contributed by atoms with Crippen LogP contribution in [0.15, 0.2) is 73.1 Å². The predicted octanol–water partition coefficient (Wildman–Crippen LogP) is 6.56. The maximum absolute atomic E-state index is 13.8. The van der Waals surface area contributed by atoms with Gasteiger partial charge in [0.2, 0.25) is 5.91 Å². The van der Waals surface area contributed by atoms with Crippen LogP contribution in [-0.4, -0.2) is 57.1 Å². The summed E-state index contributed by atoms with van der Waals surface area (Å²) in [5.41, 5.74) is 3.55. The molecule has 9 nitrogen and oxygen atoms in total. The summed E-state index contributed by atoms with van der Waals surface area (Å²) >= 11 is 0. The van der Waals surface area contributed by atoms with Gasteiger partial charge in [-0.1, -0.05) is 56.2 Å². The number of carbonyl (C=O) groups excluding carboxylic acids is 2. The minimum Gasteiger partial charge on any atom is -0.392 e. The second-order valence-corrected chi connectivity index (χ2v) is 14.8. The van der Waals surface area contributed by atoms with Crippen LogP contribution in [0.5, 0.6) is 0 Å². The molecule has 0 unspecified atom stereocenters. The number of benzene rings is 2. The van der Waals surface area contributed by atoms with Crippen LogP contribution in [0, 0.1) is 11.8 Å². The van der Waals surface area contributed by atoms with E-state index in [1.54, 1.807) is 18.3 Å². The lowest BCUT2D eigenvalue weighted by molar-refractivity contribution is -0.278. The standard InChI is InChI=1S/C39H50N4O5/c1-25-34(23-43-32-10-6-5-8-27(32)17-20-33(43)37(46)42-39(2,3)4)47-38(48-35(25)28-13-11-26(24-44)12-14-28)29-15-18-31(19-16-29)41-36(45)30-9-7-21-40-22-30/h7,9,11-16,18-19,21-22,25,27,32-35,38,44H,5-6,8,10,17,20,23-24H2,1-4H3,(H,41,45)(H,42,46)/t25-,27+,32+,33+,34+,35+,38+/m0/s1. The number of carbonyl (C=O) groups is 2. The highest BCUT2D eigenvalue weighted by molar-refractivity contribution is 6.04. The first-order valence-corrected chi connectivity index (χ1v) is 17.5. The molecule has 2 aromatic carbocycles. The number of piperidine rings is 1. The lowest BCUT2D eigenvalue weighted by Gasteiger charge is -2.51. The molecule has 9 heteroatoms. The number of likely N-dealkylation sites (tertiary alicyclic amines) is 1. The van der Waals surface area contributed by atoms with Crippen molar-refractivity contribution in [1.82, 2.24) is 15.2 Å². The molecule has 0 bridgehead atoms. The Labute approximate surface area is 284 Å². The molecule has 7 atom stereocenters. The molecule has 1 aliphatic carbocycles. The highest BCUT2D eigenvalue weighted by atomic mass is 16.7. The number of aliphatic hydroxyl groups is 1. The molecule has 0 spiro atoms. The van der Waals surface area contributed by atoms with Crippen molar-refractivity contribution in [1.29, 1.82) is 0 Å². The first kappa shape index (κ1) is 34.2. The smallest absolute Gasteiger partial charge is 0.257 e. The van der Waals surface area contributed by atoms with Gasteiger partial charge in [0.05, 0.1) is 30.4 Å². The normalized spacial score (nSPS) is 27.9. The number of amides is 2. The summed E-state index contributed by atoms with van der Waals surface area (Å²) in [6.07, 6.45) is 8.74. The number of pyridine rings is 1. The van der Waals surface area contributed by atoms with Crippen LogP contribution in [0.1, 0.15) is 106 Å². The molecule has 2 saturated heterocycles. The fraction of sp³-hybridized carbons (Fsp3) is 0.513. The molecule has 48 heavy (non-hydrogen) atoms. The molecule has 3 fully saturated rings.